The van der Waals surface area contributed by atoms with Crippen LogP contribution < -0.4 is 5.32 Å². The van der Waals surface area contributed by atoms with E-state index in [-0.39, 0.29) is 17.9 Å². The first kappa shape index (κ1) is 27.9. The average Bonchev–Trinajstić information content (AvgIpc) is 2.69. The second-order valence-corrected chi connectivity index (χ2v) is 8.57. The molecule has 0 aromatic heterocycles. The van der Waals surface area contributed by atoms with E-state index in [1.807, 2.05) is 0 Å². The Morgan fingerprint density at radius 2 is 1.21 bits per heavy atom. The van der Waals surface area contributed by atoms with E-state index in [1.54, 1.807) is 0 Å². The number of carbonyl (C=O) groups excluding carboxylic acids is 2. The van der Waals surface area contributed by atoms with Crippen molar-refractivity contribution < 1.29 is 14.3 Å². The number of esters is 1. The lowest BCUT2D eigenvalue weighted by Crippen LogP contribution is -2.32. The summed E-state index contributed by atoms with van der Waals surface area (Å²) in [5, 5.41) is 3.03. The van der Waals surface area contributed by atoms with Crippen LogP contribution in [0.25, 0.3) is 0 Å². The van der Waals surface area contributed by atoms with Crippen LogP contribution in [0.3, 0.4) is 0 Å². The van der Waals surface area contributed by atoms with E-state index in [1.165, 1.54) is 77.0 Å². The van der Waals surface area contributed by atoms with E-state index in [0.717, 1.165) is 19.3 Å². The van der Waals surface area contributed by atoms with E-state index < -0.39 is 0 Å². The third kappa shape index (κ3) is 21.5. The van der Waals surface area contributed by atoms with Gasteiger partial charge in [0.25, 0.3) is 0 Å². The molecule has 0 spiro atoms. The highest BCUT2D eigenvalue weighted by atomic mass is 16.5. The zero-order valence-corrected chi connectivity index (χ0v) is 19.7. The van der Waals surface area contributed by atoms with Crippen molar-refractivity contribution in [1.29, 1.82) is 0 Å². The largest absolute Gasteiger partial charge is 0.466 e. The Balaban J connectivity index is 3.41. The van der Waals surface area contributed by atoms with Crippen LogP contribution in [0.2, 0.25) is 0 Å². The van der Waals surface area contributed by atoms with Gasteiger partial charge in [-0.2, -0.15) is 0 Å². The third-order valence-corrected chi connectivity index (χ3v) is 5.44. The topological polar surface area (TPSA) is 55.4 Å². The van der Waals surface area contributed by atoms with Crippen molar-refractivity contribution in [2.24, 2.45) is 0 Å². The first-order valence-electron chi connectivity index (χ1n) is 12.5. The van der Waals surface area contributed by atoms with Crippen molar-refractivity contribution in [3.8, 4) is 0 Å². The molecule has 172 valence electrons. The van der Waals surface area contributed by atoms with E-state index in [4.69, 9.17) is 4.74 Å². The van der Waals surface area contributed by atoms with Gasteiger partial charge in [0.1, 0.15) is 0 Å². The second kappa shape index (κ2) is 21.6. The number of rotatable bonds is 21. The normalized spacial score (nSPS) is 12.0. The van der Waals surface area contributed by atoms with E-state index in [2.05, 4.69) is 26.1 Å². The van der Waals surface area contributed by atoms with Crippen molar-refractivity contribution >= 4 is 11.9 Å². The van der Waals surface area contributed by atoms with Gasteiger partial charge in [0.2, 0.25) is 5.91 Å². The van der Waals surface area contributed by atoms with Crippen LogP contribution in [0, 0.1) is 0 Å². The molecule has 29 heavy (non-hydrogen) atoms. The van der Waals surface area contributed by atoms with Crippen LogP contribution in [0.5, 0.6) is 0 Å². The maximum absolute atomic E-state index is 11.9. The smallest absolute Gasteiger partial charge is 0.305 e. The van der Waals surface area contributed by atoms with E-state index in [0.29, 0.717) is 25.9 Å². The molecule has 0 fully saturated rings. The molecule has 0 radical (unpaired) electrons. The van der Waals surface area contributed by atoms with Crippen LogP contribution >= 0.6 is 0 Å². The fourth-order valence-electron chi connectivity index (χ4n) is 3.54. The Bertz CT molecular complexity index is 384. The maximum atomic E-state index is 11.9. The molecule has 1 N–H and O–H groups in total. The monoisotopic (exact) mass is 411 g/mol. The first-order valence-corrected chi connectivity index (χ1v) is 12.5. The van der Waals surface area contributed by atoms with Gasteiger partial charge in [-0.25, -0.2) is 0 Å². The molecule has 0 rings (SSSR count). The van der Waals surface area contributed by atoms with Crippen LogP contribution in [0.1, 0.15) is 136 Å². The van der Waals surface area contributed by atoms with Gasteiger partial charge in [-0.05, 0) is 26.2 Å². The van der Waals surface area contributed by atoms with Gasteiger partial charge in [-0.15, -0.1) is 0 Å². The van der Waals surface area contributed by atoms with Crippen molar-refractivity contribution in [3.63, 3.8) is 0 Å². The van der Waals surface area contributed by atoms with Crippen molar-refractivity contribution in [3.05, 3.63) is 0 Å². The van der Waals surface area contributed by atoms with Gasteiger partial charge in [0.15, 0.2) is 0 Å². The SMILES string of the molecule is CCCCCCCCCCCCOC(=O)CCCC(=O)NC(C)CCCCCC. The minimum Gasteiger partial charge on any atom is -0.466 e. The van der Waals surface area contributed by atoms with Crippen molar-refractivity contribution in [2.45, 2.75) is 142 Å². The summed E-state index contributed by atoms with van der Waals surface area (Å²) in [6.45, 7) is 7.04. The van der Waals surface area contributed by atoms with Gasteiger partial charge in [0, 0.05) is 18.9 Å². The minimum atomic E-state index is -0.165. The molecule has 0 saturated heterocycles. The molecule has 1 unspecified atom stereocenters. The fraction of sp³-hybridized carbons (Fsp3) is 0.920. The summed E-state index contributed by atoms with van der Waals surface area (Å²) in [4.78, 5) is 23.7. The maximum Gasteiger partial charge on any atom is 0.305 e. The number of carbonyl (C=O) groups is 2. The Morgan fingerprint density at radius 1 is 0.690 bits per heavy atom. The number of unbranched alkanes of at least 4 members (excludes halogenated alkanes) is 12. The molecule has 4 nitrogen and oxygen atoms in total. The molecule has 0 saturated carbocycles. The van der Waals surface area contributed by atoms with Crippen LogP contribution in [0.4, 0.5) is 0 Å². The highest BCUT2D eigenvalue weighted by Crippen LogP contribution is 2.11. The molecular formula is C25H49NO3. The molecule has 0 bridgehead atoms. The van der Waals surface area contributed by atoms with Gasteiger partial charge < -0.3 is 10.1 Å². The Morgan fingerprint density at radius 3 is 1.79 bits per heavy atom. The number of amides is 1. The predicted octanol–water partition coefficient (Wildman–Crippen LogP) is 7.10. The van der Waals surface area contributed by atoms with Gasteiger partial charge in [0.05, 0.1) is 6.61 Å². The Hall–Kier alpha value is -1.06. The summed E-state index contributed by atoms with van der Waals surface area (Å²) in [6.07, 6.45) is 20.0. The lowest BCUT2D eigenvalue weighted by molar-refractivity contribution is -0.143. The Kier molecular flexibility index (Phi) is 20.9. The van der Waals surface area contributed by atoms with Crippen molar-refractivity contribution in [2.75, 3.05) is 6.61 Å². The Labute approximate surface area is 180 Å². The van der Waals surface area contributed by atoms with Gasteiger partial charge >= 0.3 is 5.97 Å². The van der Waals surface area contributed by atoms with E-state index in [9.17, 15) is 9.59 Å². The molecule has 1 amide bonds. The first-order chi connectivity index (χ1) is 14.1. The summed E-state index contributed by atoms with van der Waals surface area (Å²) < 4.78 is 5.28. The van der Waals surface area contributed by atoms with Gasteiger partial charge in [-0.1, -0.05) is 97.3 Å². The second-order valence-electron chi connectivity index (χ2n) is 8.57. The molecule has 0 aliphatic carbocycles. The molecular weight excluding hydrogens is 362 g/mol. The molecule has 1 atom stereocenters. The van der Waals surface area contributed by atoms with Gasteiger partial charge in [-0.3, -0.25) is 9.59 Å². The molecule has 0 heterocycles. The van der Waals surface area contributed by atoms with Crippen LogP contribution in [0.15, 0.2) is 0 Å². The number of hydrogen-bond acceptors (Lipinski definition) is 3. The highest BCUT2D eigenvalue weighted by Gasteiger charge is 2.09. The quantitative estimate of drug-likeness (QED) is 0.162. The van der Waals surface area contributed by atoms with Crippen LogP contribution in [-0.4, -0.2) is 24.5 Å². The third-order valence-electron chi connectivity index (χ3n) is 5.44. The lowest BCUT2D eigenvalue weighted by atomic mass is 10.1. The highest BCUT2D eigenvalue weighted by molar-refractivity contribution is 5.77. The number of nitrogens with one attached hydrogen (secondary N) is 1. The summed E-state index contributed by atoms with van der Waals surface area (Å²) in [6, 6.07) is 0.225. The predicted molar refractivity (Wildman–Crippen MR) is 123 cm³/mol. The minimum absolute atomic E-state index is 0.0514. The molecule has 0 aliphatic heterocycles. The zero-order chi connectivity index (χ0) is 21.6. The molecule has 0 aromatic rings. The fourth-order valence-corrected chi connectivity index (χ4v) is 3.54. The number of hydrogen-bond donors (Lipinski definition) is 1. The van der Waals surface area contributed by atoms with E-state index >= 15 is 0 Å². The summed E-state index contributed by atoms with van der Waals surface area (Å²) in [5.41, 5.74) is 0. The zero-order valence-electron chi connectivity index (χ0n) is 19.7. The summed E-state index contributed by atoms with van der Waals surface area (Å²) in [5.74, 6) is -0.114. The molecule has 0 aromatic carbocycles. The summed E-state index contributed by atoms with van der Waals surface area (Å²) >= 11 is 0. The average molecular weight is 412 g/mol. The summed E-state index contributed by atoms with van der Waals surface area (Å²) in [7, 11) is 0. The lowest BCUT2D eigenvalue weighted by Gasteiger charge is -2.13. The standard InChI is InChI=1S/C25H49NO3/c1-4-6-8-10-11-12-13-14-15-17-22-29-25(28)21-18-20-24(27)26-23(3)19-16-9-7-5-2/h23H,4-22H2,1-3H3,(H,26,27). The van der Waals surface area contributed by atoms with Crippen LogP contribution in [-0.2, 0) is 14.3 Å². The van der Waals surface area contributed by atoms with Crippen molar-refractivity contribution in [1.82, 2.24) is 5.32 Å². The number of ether oxygens (including phenoxy) is 1. The molecule has 0 aliphatic rings. The molecule has 4 heteroatoms.